The van der Waals surface area contributed by atoms with Crippen LogP contribution in [0.15, 0.2) is 17.5 Å². The molecule has 0 fully saturated rings. The summed E-state index contributed by atoms with van der Waals surface area (Å²) >= 11 is 7.76. The molecular formula is C11H9ClN2OS. The van der Waals surface area contributed by atoms with Crippen molar-refractivity contribution in [3.8, 4) is 10.7 Å². The molecule has 0 bridgehead atoms. The fraction of sp³-hybridized carbons (Fsp3) is 0.273. The summed E-state index contributed by atoms with van der Waals surface area (Å²) in [6, 6.07) is 3.99. The Morgan fingerprint density at radius 1 is 1.38 bits per heavy atom. The number of hydrogen-bond acceptors (Lipinski definition) is 4. The average molecular weight is 253 g/mol. The van der Waals surface area contributed by atoms with Crippen LogP contribution in [0.2, 0.25) is 5.15 Å². The first-order valence-corrected chi connectivity index (χ1v) is 6.27. The van der Waals surface area contributed by atoms with Crippen molar-refractivity contribution in [1.29, 1.82) is 0 Å². The molecule has 2 aromatic heterocycles. The van der Waals surface area contributed by atoms with Gasteiger partial charge in [0.15, 0.2) is 5.82 Å². The number of thiophene rings is 1. The van der Waals surface area contributed by atoms with Crippen LogP contribution < -0.4 is 0 Å². The summed E-state index contributed by atoms with van der Waals surface area (Å²) in [6.45, 7) is 1.24. The zero-order valence-electron chi connectivity index (χ0n) is 8.44. The van der Waals surface area contributed by atoms with Crippen LogP contribution in [0.3, 0.4) is 0 Å². The summed E-state index contributed by atoms with van der Waals surface area (Å²) in [7, 11) is 0. The molecule has 0 aliphatic carbocycles. The Balaban J connectivity index is 2.12. The maximum atomic E-state index is 6.14. The average Bonchev–Trinajstić information content (AvgIpc) is 2.82. The molecule has 3 rings (SSSR count). The fourth-order valence-electron chi connectivity index (χ4n) is 1.71. The van der Waals surface area contributed by atoms with Crippen molar-refractivity contribution < 1.29 is 4.74 Å². The third kappa shape index (κ3) is 1.73. The number of ether oxygens (including phenoxy) is 1. The van der Waals surface area contributed by atoms with Gasteiger partial charge in [0, 0.05) is 12.0 Å². The lowest BCUT2D eigenvalue weighted by Gasteiger charge is -2.16. The van der Waals surface area contributed by atoms with E-state index < -0.39 is 0 Å². The molecular weight excluding hydrogens is 244 g/mol. The van der Waals surface area contributed by atoms with Crippen molar-refractivity contribution in [3.63, 3.8) is 0 Å². The Labute approximate surface area is 102 Å². The van der Waals surface area contributed by atoms with E-state index in [1.54, 1.807) is 11.3 Å². The van der Waals surface area contributed by atoms with Crippen LogP contribution in [-0.4, -0.2) is 16.6 Å². The van der Waals surface area contributed by atoms with Gasteiger partial charge in [-0.3, -0.25) is 0 Å². The van der Waals surface area contributed by atoms with E-state index in [0.717, 1.165) is 28.4 Å². The predicted molar refractivity (Wildman–Crippen MR) is 63.7 cm³/mol. The van der Waals surface area contributed by atoms with E-state index in [1.165, 1.54) is 0 Å². The monoisotopic (exact) mass is 252 g/mol. The highest BCUT2D eigenvalue weighted by Gasteiger charge is 2.17. The van der Waals surface area contributed by atoms with Crippen LogP contribution in [0.1, 0.15) is 11.3 Å². The number of hydrogen-bond donors (Lipinski definition) is 0. The summed E-state index contributed by atoms with van der Waals surface area (Å²) in [5, 5.41) is 2.53. The predicted octanol–water partition coefficient (Wildman–Crippen LogP) is 2.93. The molecule has 3 nitrogen and oxygen atoms in total. The number of fused-ring (bicyclic) bond motifs is 1. The van der Waals surface area contributed by atoms with Gasteiger partial charge < -0.3 is 4.74 Å². The zero-order chi connectivity index (χ0) is 11.0. The van der Waals surface area contributed by atoms with Crippen LogP contribution in [0, 0.1) is 0 Å². The van der Waals surface area contributed by atoms with Crippen molar-refractivity contribution in [2.75, 3.05) is 6.61 Å². The molecule has 0 amide bonds. The number of nitrogens with zero attached hydrogens (tertiary/aromatic N) is 2. The van der Waals surface area contributed by atoms with Crippen molar-refractivity contribution in [2.45, 2.75) is 13.0 Å². The van der Waals surface area contributed by atoms with E-state index in [1.807, 2.05) is 17.5 Å². The first-order valence-electron chi connectivity index (χ1n) is 5.01. The van der Waals surface area contributed by atoms with E-state index in [0.29, 0.717) is 18.4 Å². The largest absolute Gasteiger partial charge is 0.376 e. The molecule has 0 N–H and O–H groups in total. The third-order valence-electron chi connectivity index (χ3n) is 2.51. The van der Waals surface area contributed by atoms with Crippen LogP contribution >= 0.6 is 22.9 Å². The second kappa shape index (κ2) is 4.13. The minimum atomic E-state index is 0.521. The van der Waals surface area contributed by atoms with E-state index in [9.17, 15) is 0 Å². The van der Waals surface area contributed by atoms with Crippen molar-refractivity contribution in [2.24, 2.45) is 0 Å². The minimum absolute atomic E-state index is 0.521. The second-order valence-electron chi connectivity index (χ2n) is 3.54. The maximum Gasteiger partial charge on any atom is 0.171 e. The molecule has 0 saturated heterocycles. The van der Waals surface area contributed by atoms with Crippen molar-refractivity contribution >= 4 is 22.9 Å². The van der Waals surface area contributed by atoms with Crippen LogP contribution in [0.4, 0.5) is 0 Å². The Morgan fingerprint density at radius 2 is 2.31 bits per heavy atom. The molecule has 1 aliphatic heterocycles. The fourth-order valence-corrected chi connectivity index (χ4v) is 2.61. The van der Waals surface area contributed by atoms with Gasteiger partial charge in [0.25, 0.3) is 0 Å². The molecule has 0 aromatic carbocycles. The van der Waals surface area contributed by atoms with Gasteiger partial charge >= 0.3 is 0 Å². The zero-order valence-corrected chi connectivity index (χ0v) is 10.0. The first kappa shape index (κ1) is 10.2. The van der Waals surface area contributed by atoms with Crippen LogP contribution in [-0.2, 0) is 17.8 Å². The highest BCUT2D eigenvalue weighted by molar-refractivity contribution is 7.13. The lowest BCUT2D eigenvalue weighted by Crippen LogP contribution is -2.13. The lowest BCUT2D eigenvalue weighted by atomic mass is 10.1. The smallest absolute Gasteiger partial charge is 0.171 e. The minimum Gasteiger partial charge on any atom is -0.376 e. The van der Waals surface area contributed by atoms with Gasteiger partial charge in [-0.2, -0.15) is 0 Å². The number of rotatable bonds is 1. The topological polar surface area (TPSA) is 35.0 Å². The molecule has 0 spiro atoms. The second-order valence-corrected chi connectivity index (χ2v) is 4.85. The standard InChI is InChI=1S/C11H9ClN2OS/c12-10-7-6-15-4-3-8(7)13-11(14-10)9-2-1-5-16-9/h1-2,5H,3-4,6H2. The summed E-state index contributed by atoms with van der Waals surface area (Å²) in [6.07, 6.45) is 0.815. The van der Waals surface area contributed by atoms with Gasteiger partial charge in [-0.25, -0.2) is 9.97 Å². The van der Waals surface area contributed by atoms with Crippen molar-refractivity contribution in [1.82, 2.24) is 9.97 Å². The normalized spacial score (nSPS) is 14.8. The van der Waals surface area contributed by atoms with Gasteiger partial charge in [0.2, 0.25) is 0 Å². The molecule has 5 heteroatoms. The van der Waals surface area contributed by atoms with Crippen LogP contribution in [0.5, 0.6) is 0 Å². The Bertz CT molecular complexity index is 513. The third-order valence-corrected chi connectivity index (χ3v) is 3.69. The summed E-state index contributed by atoms with van der Waals surface area (Å²) in [5.74, 6) is 0.723. The molecule has 0 radical (unpaired) electrons. The maximum absolute atomic E-state index is 6.14. The van der Waals surface area contributed by atoms with E-state index in [-0.39, 0.29) is 0 Å². The summed E-state index contributed by atoms with van der Waals surface area (Å²) in [5.41, 5.74) is 1.96. The lowest BCUT2D eigenvalue weighted by molar-refractivity contribution is 0.109. The van der Waals surface area contributed by atoms with E-state index in [2.05, 4.69) is 9.97 Å². The van der Waals surface area contributed by atoms with Gasteiger partial charge in [-0.15, -0.1) is 11.3 Å². The van der Waals surface area contributed by atoms with Gasteiger partial charge in [-0.05, 0) is 11.4 Å². The number of halogens is 1. The first-order chi connectivity index (χ1) is 7.84. The molecule has 0 unspecified atom stereocenters. The Hall–Kier alpha value is -0.970. The Morgan fingerprint density at radius 3 is 3.12 bits per heavy atom. The van der Waals surface area contributed by atoms with Crippen molar-refractivity contribution in [3.05, 3.63) is 33.9 Å². The molecule has 3 heterocycles. The molecule has 0 atom stereocenters. The van der Waals surface area contributed by atoms with Gasteiger partial charge in [0.1, 0.15) is 5.15 Å². The van der Waals surface area contributed by atoms with Crippen LogP contribution in [0.25, 0.3) is 10.7 Å². The quantitative estimate of drug-likeness (QED) is 0.732. The van der Waals surface area contributed by atoms with E-state index >= 15 is 0 Å². The summed E-state index contributed by atoms with van der Waals surface area (Å²) < 4.78 is 5.35. The van der Waals surface area contributed by atoms with Gasteiger partial charge in [-0.1, -0.05) is 17.7 Å². The van der Waals surface area contributed by atoms with E-state index in [4.69, 9.17) is 16.3 Å². The molecule has 16 heavy (non-hydrogen) atoms. The Kier molecular flexibility index (Phi) is 2.63. The highest BCUT2D eigenvalue weighted by Crippen LogP contribution is 2.27. The number of aromatic nitrogens is 2. The van der Waals surface area contributed by atoms with Gasteiger partial charge in [0.05, 0.1) is 23.8 Å². The SMILES string of the molecule is Clc1nc(-c2cccs2)nc2c1COCC2. The molecule has 0 saturated carbocycles. The molecule has 2 aromatic rings. The highest BCUT2D eigenvalue weighted by atomic mass is 35.5. The molecule has 1 aliphatic rings. The summed E-state index contributed by atoms with van der Waals surface area (Å²) in [4.78, 5) is 9.92. The molecule has 82 valence electrons.